The third-order valence-electron chi connectivity index (χ3n) is 4.82. The number of hydrogen-bond acceptors (Lipinski definition) is 3. The summed E-state index contributed by atoms with van der Waals surface area (Å²) in [6.45, 7) is 2.31. The van der Waals surface area contributed by atoms with Crippen LogP contribution in [0.15, 0.2) is 6.07 Å². The van der Waals surface area contributed by atoms with Crippen LogP contribution in [0.3, 0.4) is 0 Å². The van der Waals surface area contributed by atoms with Gasteiger partial charge in [-0.25, -0.2) is 9.97 Å². The molecule has 0 radical (unpaired) electrons. The van der Waals surface area contributed by atoms with E-state index in [1.54, 1.807) is 0 Å². The van der Waals surface area contributed by atoms with Gasteiger partial charge in [0.25, 0.3) is 0 Å². The minimum atomic E-state index is 0.572. The first-order valence-electron chi connectivity index (χ1n) is 7.04. The van der Waals surface area contributed by atoms with Crippen LogP contribution in [-0.2, 0) is 0 Å². The van der Waals surface area contributed by atoms with Gasteiger partial charge in [0.15, 0.2) is 0 Å². The molecule has 3 aliphatic rings. The molecule has 0 atom stereocenters. The molecule has 1 aromatic rings. The van der Waals surface area contributed by atoms with Crippen molar-refractivity contribution in [3.63, 3.8) is 0 Å². The number of anilines is 1. The van der Waals surface area contributed by atoms with E-state index in [9.17, 15) is 0 Å². The van der Waals surface area contributed by atoms with Gasteiger partial charge in [-0.1, -0.05) is 18.0 Å². The van der Waals surface area contributed by atoms with Crippen LogP contribution in [0.2, 0.25) is 5.15 Å². The molecule has 0 N–H and O–H groups in total. The standard InChI is InChI=1S/C14H18ClN3/c15-11-8-12(17-13(16-11)10-2-3-10)18-7-6-14(9-18)4-1-5-14/h8,10H,1-7,9H2. The maximum atomic E-state index is 6.14. The Morgan fingerprint density at radius 3 is 2.67 bits per heavy atom. The van der Waals surface area contributed by atoms with E-state index in [2.05, 4.69) is 9.88 Å². The quantitative estimate of drug-likeness (QED) is 0.766. The molecule has 3 nitrogen and oxygen atoms in total. The van der Waals surface area contributed by atoms with Gasteiger partial charge in [-0.05, 0) is 37.5 Å². The van der Waals surface area contributed by atoms with Crippen molar-refractivity contribution in [2.75, 3.05) is 18.0 Å². The van der Waals surface area contributed by atoms with Crippen LogP contribution in [0.1, 0.15) is 50.3 Å². The Morgan fingerprint density at radius 1 is 1.22 bits per heavy atom. The Bertz CT molecular complexity index is 480. The summed E-state index contributed by atoms with van der Waals surface area (Å²) in [5.74, 6) is 2.59. The Hall–Kier alpha value is -0.830. The average Bonchev–Trinajstić information content (AvgIpc) is 3.05. The molecule has 1 aliphatic heterocycles. The topological polar surface area (TPSA) is 29.0 Å². The van der Waals surface area contributed by atoms with Gasteiger partial charge < -0.3 is 4.90 Å². The summed E-state index contributed by atoms with van der Waals surface area (Å²) in [4.78, 5) is 11.5. The molecule has 0 aromatic carbocycles. The lowest BCUT2D eigenvalue weighted by molar-refractivity contribution is 0.165. The number of aromatic nitrogens is 2. The monoisotopic (exact) mass is 263 g/mol. The zero-order valence-electron chi connectivity index (χ0n) is 10.5. The molecule has 96 valence electrons. The molecule has 2 heterocycles. The number of hydrogen-bond donors (Lipinski definition) is 0. The summed E-state index contributed by atoms with van der Waals surface area (Å²) in [6, 6.07) is 1.94. The first-order valence-corrected chi connectivity index (χ1v) is 7.41. The zero-order valence-corrected chi connectivity index (χ0v) is 11.3. The molecule has 0 amide bonds. The van der Waals surface area contributed by atoms with E-state index >= 15 is 0 Å². The maximum Gasteiger partial charge on any atom is 0.135 e. The van der Waals surface area contributed by atoms with E-state index in [-0.39, 0.29) is 0 Å². The normalized spacial score (nSPS) is 25.5. The SMILES string of the molecule is Clc1cc(N2CCC3(CCC3)C2)nc(C2CC2)n1. The molecule has 18 heavy (non-hydrogen) atoms. The molecule has 0 bridgehead atoms. The van der Waals surface area contributed by atoms with Crippen molar-refractivity contribution in [1.82, 2.24) is 9.97 Å². The number of halogens is 1. The van der Waals surface area contributed by atoms with Crippen LogP contribution in [0.5, 0.6) is 0 Å². The van der Waals surface area contributed by atoms with Crippen molar-refractivity contribution < 1.29 is 0 Å². The van der Waals surface area contributed by atoms with E-state index in [0.29, 0.717) is 16.5 Å². The fourth-order valence-electron chi connectivity index (χ4n) is 3.32. The van der Waals surface area contributed by atoms with Crippen molar-refractivity contribution in [2.45, 2.75) is 44.4 Å². The van der Waals surface area contributed by atoms with Gasteiger partial charge in [-0.2, -0.15) is 0 Å². The van der Waals surface area contributed by atoms with Crippen LogP contribution in [0, 0.1) is 5.41 Å². The first-order chi connectivity index (χ1) is 8.74. The van der Waals surface area contributed by atoms with Crippen molar-refractivity contribution in [3.05, 3.63) is 17.0 Å². The van der Waals surface area contributed by atoms with Gasteiger partial charge >= 0.3 is 0 Å². The summed E-state index contributed by atoms with van der Waals surface area (Å²) in [7, 11) is 0. The second kappa shape index (κ2) is 3.83. The smallest absolute Gasteiger partial charge is 0.135 e. The van der Waals surface area contributed by atoms with Crippen LogP contribution in [0.25, 0.3) is 0 Å². The molecule has 2 aliphatic carbocycles. The van der Waals surface area contributed by atoms with Gasteiger partial charge in [0, 0.05) is 25.1 Å². The van der Waals surface area contributed by atoms with Gasteiger partial charge in [0.2, 0.25) is 0 Å². The Morgan fingerprint density at radius 2 is 2.06 bits per heavy atom. The number of rotatable bonds is 2. The van der Waals surface area contributed by atoms with E-state index in [4.69, 9.17) is 16.6 Å². The molecule has 1 aromatic heterocycles. The fraction of sp³-hybridized carbons (Fsp3) is 0.714. The Balaban J connectivity index is 1.60. The van der Waals surface area contributed by atoms with E-state index in [1.165, 1.54) is 45.1 Å². The summed E-state index contributed by atoms with van der Waals surface area (Å²) in [5.41, 5.74) is 0.608. The minimum Gasteiger partial charge on any atom is -0.356 e. The Labute approximate surface area is 113 Å². The van der Waals surface area contributed by atoms with Crippen LogP contribution in [0.4, 0.5) is 5.82 Å². The highest BCUT2D eigenvalue weighted by atomic mass is 35.5. The maximum absolute atomic E-state index is 6.14. The first kappa shape index (κ1) is 11.0. The molecule has 1 saturated heterocycles. The van der Waals surface area contributed by atoms with Gasteiger partial charge in [-0.15, -0.1) is 0 Å². The summed E-state index contributed by atoms with van der Waals surface area (Å²) >= 11 is 6.14. The van der Waals surface area contributed by atoms with Crippen molar-refractivity contribution >= 4 is 17.4 Å². The van der Waals surface area contributed by atoms with Crippen molar-refractivity contribution in [1.29, 1.82) is 0 Å². The van der Waals surface area contributed by atoms with Crippen LogP contribution in [-0.4, -0.2) is 23.1 Å². The minimum absolute atomic E-state index is 0.572. The molecule has 4 heteroatoms. The highest BCUT2D eigenvalue weighted by Crippen LogP contribution is 2.49. The molecule has 4 rings (SSSR count). The van der Waals surface area contributed by atoms with Gasteiger partial charge in [0.05, 0.1) is 0 Å². The average molecular weight is 264 g/mol. The predicted molar refractivity (Wildman–Crippen MR) is 72.1 cm³/mol. The lowest BCUT2D eigenvalue weighted by atomic mass is 9.68. The fourth-order valence-corrected chi connectivity index (χ4v) is 3.51. The molecular formula is C14H18ClN3. The van der Waals surface area contributed by atoms with Crippen molar-refractivity contribution in [2.24, 2.45) is 5.41 Å². The molecule has 1 spiro atoms. The van der Waals surface area contributed by atoms with E-state index < -0.39 is 0 Å². The van der Waals surface area contributed by atoms with E-state index in [1.807, 2.05) is 6.07 Å². The zero-order chi connectivity index (χ0) is 12.2. The Kier molecular flexibility index (Phi) is 2.35. The van der Waals surface area contributed by atoms with Gasteiger partial charge in [0.1, 0.15) is 16.8 Å². The van der Waals surface area contributed by atoms with Crippen LogP contribution < -0.4 is 4.90 Å². The second-order valence-corrected chi connectivity index (χ2v) is 6.59. The predicted octanol–water partition coefficient (Wildman–Crippen LogP) is 3.39. The summed E-state index contributed by atoms with van der Waals surface area (Å²) in [6.07, 6.45) is 7.99. The molecule has 0 unspecified atom stereocenters. The van der Waals surface area contributed by atoms with Gasteiger partial charge in [-0.3, -0.25) is 0 Å². The summed E-state index contributed by atoms with van der Waals surface area (Å²) < 4.78 is 0. The largest absolute Gasteiger partial charge is 0.356 e. The molecule has 3 fully saturated rings. The molecule has 2 saturated carbocycles. The van der Waals surface area contributed by atoms with Crippen molar-refractivity contribution in [3.8, 4) is 0 Å². The van der Waals surface area contributed by atoms with E-state index in [0.717, 1.165) is 18.2 Å². The third kappa shape index (κ3) is 1.80. The molecular weight excluding hydrogens is 246 g/mol. The van der Waals surface area contributed by atoms with Crippen LogP contribution >= 0.6 is 11.6 Å². The number of nitrogens with zero attached hydrogens (tertiary/aromatic N) is 3. The lowest BCUT2D eigenvalue weighted by Gasteiger charge is -2.38. The lowest BCUT2D eigenvalue weighted by Crippen LogP contribution is -2.33. The third-order valence-corrected chi connectivity index (χ3v) is 5.01. The second-order valence-electron chi connectivity index (χ2n) is 6.21. The summed E-state index contributed by atoms with van der Waals surface area (Å²) in [5, 5.41) is 0.608. The highest BCUT2D eigenvalue weighted by molar-refractivity contribution is 6.29. The highest BCUT2D eigenvalue weighted by Gasteiger charge is 2.43.